The minimum atomic E-state index is 0.180. The maximum Gasteiger partial charge on any atom is 0.342 e. The van der Waals surface area contributed by atoms with E-state index in [1.54, 1.807) is 19.2 Å². The summed E-state index contributed by atoms with van der Waals surface area (Å²) in [6, 6.07) is 3.36. The van der Waals surface area contributed by atoms with Crippen LogP contribution in [0.3, 0.4) is 0 Å². The summed E-state index contributed by atoms with van der Waals surface area (Å²) in [6.45, 7) is 0. The van der Waals surface area contributed by atoms with E-state index in [2.05, 4.69) is 15.1 Å². The Morgan fingerprint density at radius 1 is 1.47 bits per heavy atom. The minimum absolute atomic E-state index is 0.180. The Morgan fingerprint density at radius 3 is 2.93 bits per heavy atom. The van der Waals surface area contributed by atoms with Crippen molar-refractivity contribution in [3.63, 3.8) is 0 Å². The van der Waals surface area contributed by atoms with Crippen LogP contribution in [0.2, 0.25) is 5.15 Å². The molecular formula is C8H8ClN5O. The van der Waals surface area contributed by atoms with Gasteiger partial charge in [0.05, 0.1) is 5.69 Å². The third kappa shape index (κ3) is 2.16. The zero-order chi connectivity index (χ0) is 10.8. The standard InChI is InChI=1S/C8H8ClN5O/c1-14-4-11-8(13-14)15-7-5(10)2-3-6(9)12-7/h2-4H,10H2,1H3. The predicted molar refractivity (Wildman–Crippen MR) is 54.7 cm³/mol. The minimum Gasteiger partial charge on any atom is -0.402 e. The molecule has 2 N–H and O–H groups in total. The Labute approximate surface area is 90.7 Å². The first-order chi connectivity index (χ1) is 7.15. The van der Waals surface area contributed by atoms with Crippen molar-refractivity contribution in [3.05, 3.63) is 23.6 Å². The van der Waals surface area contributed by atoms with Crippen molar-refractivity contribution in [2.75, 3.05) is 5.73 Å². The number of aryl methyl sites for hydroxylation is 1. The van der Waals surface area contributed by atoms with Crippen LogP contribution in [0, 0.1) is 0 Å². The molecule has 15 heavy (non-hydrogen) atoms. The number of nitrogen functional groups attached to an aromatic ring is 1. The number of hydrogen-bond acceptors (Lipinski definition) is 5. The molecule has 0 aliphatic rings. The van der Waals surface area contributed by atoms with E-state index in [-0.39, 0.29) is 11.9 Å². The molecule has 2 aromatic heterocycles. The molecule has 0 atom stereocenters. The van der Waals surface area contributed by atoms with E-state index in [1.165, 1.54) is 11.0 Å². The van der Waals surface area contributed by atoms with Gasteiger partial charge in [0.25, 0.3) is 0 Å². The van der Waals surface area contributed by atoms with Gasteiger partial charge >= 0.3 is 6.01 Å². The Balaban J connectivity index is 2.27. The molecule has 2 heterocycles. The molecule has 0 radical (unpaired) electrons. The summed E-state index contributed by atoms with van der Waals surface area (Å²) in [6.07, 6.45) is 1.51. The Morgan fingerprint density at radius 2 is 2.27 bits per heavy atom. The van der Waals surface area contributed by atoms with Gasteiger partial charge in [-0.1, -0.05) is 11.6 Å². The van der Waals surface area contributed by atoms with E-state index in [4.69, 9.17) is 22.1 Å². The van der Waals surface area contributed by atoms with E-state index < -0.39 is 0 Å². The van der Waals surface area contributed by atoms with Crippen molar-refractivity contribution < 1.29 is 4.74 Å². The molecule has 0 unspecified atom stereocenters. The van der Waals surface area contributed by atoms with Gasteiger partial charge in [-0.15, -0.1) is 5.10 Å². The first-order valence-corrected chi connectivity index (χ1v) is 4.48. The smallest absolute Gasteiger partial charge is 0.342 e. The number of hydrogen-bond donors (Lipinski definition) is 1. The summed E-state index contributed by atoms with van der Waals surface area (Å²) in [5.41, 5.74) is 6.02. The van der Waals surface area contributed by atoms with Gasteiger partial charge in [-0.25, -0.2) is 0 Å². The molecule has 0 aromatic carbocycles. The van der Waals surface area contributed by atoms with Crippen LogP contribution >= 0.6 is 11.6 Å². The number of halogens is 1. The predicted octanol–water partition coefficient (Wildman–Crippen LogP) is 1.24. The molecule has 0 amide bonds. The van der Waals surface area contributed by atoms with Crippen molar-refractivity contribution in [2.45, 2.75) is 0 Å². The molecular weight excluding hydrogens is 218 g/mol. The second-order valence-electron chi connectivity index (χ2n) is 2.83. The highest BCUT2D eigenvalue weighted by Gasteiger charge is 2.07. The average molecular weight is 226 g/mol. The number of nitrogens with zero attached hydrogens (tertiary/aromatic N) is 4. The van der Waals surface area contributed by atoms with Gasteiger partial charge in [-0.3, -0.25) is 4.68 Å². The van der Waals surface area contributed by atoms with E-state index in [1.807, 2.05) is 0 Å². The zero-order valence-electron chi connectivity index (χ0n) is 7.88. The maximum atomic E-state index is 5.70. The van der Waals surface area contributed by atoms with Crippen LogP contribution in [-0.4, -0.2) is 19.7 Å². The molecule has 7 heteroatoms. The largest absolute Gasteiger partial charge is 0.402 e. The van der Waals surface area contributed by atoms with Crippen LogP contribution < -0.4 is 10.5 Å². The fraction of sp³-hybridized carbons (Fsp3) is 0.125. The van der Waals surface area contributed by atoms with Gasteiger partial charge in [-0.05, 0) is 12.1 Å². The summed E-state index contributed by atoms with van der Waals surface area (Å²) >= 11 is 5.70. The lowest BCUT2D eigenvalue weighted by atomic mass is 10.4. The summed E-state index contributed by atoms with van der Waals surface area (Å²) in [5.74, 6) is 0.203. The lowest BCUT2D eigenvalue weighted by Gasteiger charge is -2.02. The van der Waals surface area contributed by atoms with Crippen molar-refractivity contribution in [3.8, 4) is 11.9 Å². The van der Waals surface area contributed by atoms with Gasteiger partial charge in [0, 0.05) is 7.05 Å². The zero-order valence-corrected chi connectivity index (χ0v) is 8.64. The molecule has 0 bridgehead atoms. The van der Waals surface area contributed by atoms with E-state index >= 15 is 0 Å². The highest BCUT2D eigenvalue weighted by molar-refractivity contribution is 6.29. The van der Waals surface area contributed by atoms with Crippen LogP contribution in [0.1, 0.15) is 0 Å². The van der Waals surface area contributed by atoms with E-state index in [0.717, 1.165) is 0 Å². The molecule has 0 saturated heterocycles. The van der Waals surface area contributed by atoms with Crippen LogP contribution in [0.15, 0.2) is 18.5 Å². The molecule has 2 rings (SSSR count). The lowest BCUT2D eigenvalue weighted by Crippen LogP contribution is -1.96. The fourth-order valence-electron chi connectivity index (χ4n) is 0.963. The van der Waals surface area contributed by atoms with Gasteiger partial charge in [0.15, 0.2) is 0 Å². The number of rotatable bonds is 2. The number of aromatic nitrogens is 4. The molecule has 0 fully saturated rings. The van der Waals surface area contributed by atoms with E-state index in [0.29, 0.717) is 10.8 Å². The van der Waals surface area contributed by atoms with Crippen molar-refractivity contribution >= 4 is 17.3 Å². The van der Waals surface area contributed by atoms with Gasteiger partial charge in [-0.2, -0.15) is 9.97 Å². The molecule has 0 aliphatic heterocycles. The van der Waals surface area contributed by atoms with Crippen molar-refractivity contribution in [1.82, 2.24) is 19.7 Å². The number of ether oxygens (including phenoxy) is 1. The summed E-state index contributed by atoms with van der Waals surface area (Å²) in [7, 11) is 1.73. The fourth-order valence-corrected chi connectivity index (χ4v) is 1.10. The third-order valence-electron chi connectivity index (χ3n) is 1.62. The molecule has 0 aliphatic carbocycles. The maximum absolute atomic E-state index is 5.70. The Kier molecular flexibility index (Phi) is 2.42. The second-order valence-corrected chi connectivity index (χ2v) is 3.22. The highest BCUT2D eigenvalue weighted by atomic mass is 35.5. The van der Waals surface area contributed by atoms with Crippen LogP contribution in [0.25, 0.3) is 0 Å². The summed E-state index contributed by atoms with van der Waals surface area (Å²) < 4.78 is 6.76. The normalized spacial score (nSPS) is 10.3. The van der Waals surface area contributed by atoms with Crippen LogP contribution in [-0.2, 0) is 7.05 Å². The second kappa shape index (κ2) is 3.74. The monoisotopic (exact) mass is 225 g/mol. The quantitative estimate of drug-likeness (QED) is 0.778. The third-order valence-corrected chi connectivity index (χ3v) is 1.83. The molecule has 6 nitrogen and oxygen atoms in total. The van der Waals surface area contributed by atoms with E-state index in [9.17, 15) is 0 Å². The number of anilines is 1. The number of pyridine rings is 1. The first-order valence-electron chi connectivity index (χ1n) is 4.10. The molecule has 0 spiro atoms. The molecule has 78 valence electrons. The summed E-state index contributed by atoms with van der Waals surface area (Å²) in [5, 5.41) is 4.22. The van der Waals surface area contributed by atoms with Crippen molar-refractivity contribution in [1.29, 1.82) is 0 Å². The topological polar surface area (TPSA) is 78.8 Å². The Bertz CT molecular complexity index is 484. The SMILES string of the molecule is Cn1cnc(Oc2nc(Cl)ccc2N)n1. The lowest BCUT2D eigenvalue weighted by molar-refractivity contribution is 0.425. The van der Waals surface area contributed by atoms with Gasteiger partial charge in [0.2, 0.25) is 5.88 Å². The van der Waals surface area contributed by atoms with Crippen molar-refractivity contribution in [2.24, 2.45) is 7.05 Å². The average Bonchev–Trinajstić information content (AvgIpc) is 2.58. The highest BCUT2D eigenvalue weighted by Crippen LogP contribution is 2.24. The summed E-state index contributed by atoms with van der Waals surface area (Å²) in [4.78, 5) is 7.78. The van der Waals surface area contributed by atoms with Crippen LogP contribution in [0.4, 0.5) is 5.69 Å². The first kappa shape index (κ1) is 9.72. The van der Waals surface area contributed by atoms with Gasteiger partial charge < -0.3 is 10.5 Å². The molecule has 0 saturated carbocycles. The molecule has 2 aromatic rings. The number of nitrogens with two attached hydrogens (primary N) is 1. The Hall–Kier alpha value is -1.82. The van der Waals surface area contributed by atoms with Gasteiger partial charge in [0.1, 0.15) is 11.5 Å². The van der Waals surface area contributed by atoms with Crippen LogP contribution in [0.5, 0.6) is 11.9 Å².